The number of rotatable bonds is 4. The molecule has 0 saturated heterocycles. The molecule has 1 aliphatic rings. The molecule has 0 aliphatic heterocycles. The highest BCUT2D eigenvalue weighted by atomic mass is 19.4. The third-order valence-corrected chi connectivity index (χ3v) is 2.93. The van der Waals surface area contributed by atoms with Crippen LogP contribution in [-0.4, -0.2) is 24.7 Å². The van der Waals surface area contributed by atoms with Crippen LogP contribution in [0, 0.1) is 0 Å². The Labute approximate surface area is 108 Å². The number of hydrogen-bond donors (Lipinski definition) is 2. The summed E-state index contributed by atoms with van der Waals surface area (Å²) in [4.78, 5) is 12.5. The zero-order chi connectivity index (χ0) is 14.2. The lowest BCUT2D eigenvalue weighted by atomic mass is 10.1. The number of benzene rings is 1. The molecular weight excluding hydrogens is 259 g/mol. The summed E-state index contributed by atoms with van der Waals surface area (Å²) in [5.41, 5.74) is 11.3. The molecule has 0 bridgehead atoms. The Morgan fingerprint density at radius 3 is 2.47 bits per heavy atom. The van der Waals surface area contributed by atoms with Crippen molar-refractivity contribution in [3.63, 3.8) is 0 Å². The zero-order valence-electron chi connectivity index (χ0n) is 10.1. The van der Waals surface area contributed by atoms with Crippen molar-refractivity contribution in [2.75, 3.05) is 17.2 Å². The van der Waals surface area contributed by atoms with Gasteiger partial charge in [0.1, 0.15) is 6.54 Å². The first kappa shape index (κ1) is 13.5. The minimum absolute atomic E-state index is 0.0242. The lowest BCUT2D eigenvalue weighted by Gasteiger charge is -2.27. The molecule has 0 radical (unpaired) electrons. The number of alkyl halides is 3. The summed E-state index contributed by atoms with van der Waals surface area (Å²) in [6.07, 6.45) is -2.98. The summed E-state index contributed by atoms with van der Waals surface area (Å²) in [7, 11) is 0. The second-order valence-electron chi connectivity index (χ2n) is 4.62. The second-order valence-corrected chi connectivity index (χ2v) is 4.62. The van der Waals surface area contributed by atoms with Crippen molar-refractivity contribution in [2.24, 2.45) is 5.73 Å². The van der Waals surface area contributed by atoms with Gasteiger partial charge in [0.2, 0.25) is 0 Å². The minimum Gasteiger partial charge on any atom is -0.399 e. The highest BCUT2D eigenvalue weighted by molar-refractivity contribution is 5.99. The molecule has 4 N–H and O–H groups in total. The Morgan fingerprint density at radius 2 is 2.00 bits per heavy atom. The molecule has 1 aromatic carbocycles. The maximum absolute atomic E-state index is 12.6. The Morgan fingerprint density at radius 1 is 1.37 bits per heavy atom. The van der Waals surface area contributed by atoms with Crippen LogP contribution in [0.4, 0.5) is 24.5 Å². The van der Waals surface area contributed by atoms with Gasteiger partial charge in [-0.15, -0.1) is 0 Å². The normalized spacial score (nSPS) is 15.3. The number of primary amides is 1. The van der Waals surface area contributed by atoms with Crippen molar-refractivity contribution in [1.29, 1.82) is 0 Å². The Kier molecular flexibility index (Phi) is 3.30. The van der Waals surface area contributed by atoms with Crippen LogP contribution >= 0.6 is 0 Å². The zero-order valence-corrected chi connectivity index (χ0v) is 10.1. The van der Waals surface area contributed by atoms with Crippen LogP contribution in [0.15, 0.2) is 18.2 Å². The van der Waals surface area contributed by atoms with Crippen molar-refractivity contribution in [3.05, 3.63) is 23.8 Å². The molecular formula is C12H14F3N3O. The number of nitrogens with zero attached hydrogens (tertiary/aromatic N) is 1. The van der Waals surface area contributed by atoms with E-state index in [-0.39, 0.29) is 17.3 Å². The molecule has 1 amide bonds. The lowest BCUT2D eigenvalue weighted by molar-refractivity contribution is -0.120. The van der Waals surface area contributed by atoms with Crippen molar-refractivity contribution >= 4 is 17.3 Å². The largest absolute Gasteiger partial charge is 0.405 e. The van der Waals surface area contributed by atoms with Gasteiger partial charge in [-0.2, -0.15) is 13.2 Å². The summed E-state index contributed by atoms with van der Waals surface area (Å²) >= 11 is 0. The van der Waals surface area contributed by atoms with E-state index in [0.717, 1.165) is 0 Å². The smallest absolute Gasteiger partial charge is 0.399 e. The van der Waals surface area contributed by atoms with Crippen LogP contribution in [0.3, 0.4) is 0 Å². The van der Waals surface area contributed by atoms with E-state index in [9.17, 15) is 18.0 Å². The number of hydrogen-bond acceptors (Lipinski definition) is 3. The summed E-state index contributed by atoms with van der Waals surface area (Å²) in [6.45, 7) is -1.10. The van der Waals surface area contributed by atoms with Gasteiger partial charge >= 0.3 is 6.18 Å². The Hall–Kier alpha value is -1.92. The van der Waals surface area contributed by atoms with Crippen LogP contribution in [0.25, 0.3) is 0 Å². The monoisotopic (exact) mass is 273 g/mol. The van der Waals surface area contributed by atoms with E-state index in [1.165, 1.54) is 23.1 Å². The van der Waals surface area contributed by atoms with Gasteiger partial charge in [-0.1, -0.05) is 0 Å². The van der Waals surface area contributed by atoms with E-state index < -0.39 is 18.6 Å². The summed E-state index contributed by atoms with van der Waals surface area (Å²) < 4.78 is 37.8. The number of carbonyl (C=O) groups excluding carboxylic acids is 1. The molecule has 1 aromatic rings. The second kappa shape index (κ2) is 4.64. The first-order valence-electron chi connectivity index (χ1n) is 5.80. The maximum atomic E-state index is 12.6. The van der Waals surface area contributed by atoms with Gasteiger partial charge in [0.15, 0.2) is 0 Å². The lowest BCUT2D eigenvalue weighted by Crippen LogP contribution is -2.37. The van der Waals surface area contributed by atoms with Gasteiger partial charge in [0.25, 0.3) is 5.91 Å². The predicted octanol–water partition coefficient (Wildman–Crippen LogP) is 1.90. The maximum Gasteiger partial charge on any atom is 0.405 e. The van der Waals surface area contributed by atoms with Crippen molar-refractivity contribution in [2.45, 2.75) is 25.1 Å². The van der Waals surface area contributed by atoms with Crippen LogP contribution in [0.2, 0.25) is 0 Å². The van der Waals surface area contributed by atoms with Crippen LogP contribution in [-0.2, 0) is 0 Å². The third kappa shape index (κ3) is 3.30. The molecule has 104 valence electrons. The van der Waals surface area contributed by atoms with Gasteiger partial charge < -0.3 is 16.4 Å². The minimum atomic E-state index is -4.33. The first-order valence-corrected chi connectivity index (χ1v) is 5.80. The number of anilines is 2. The first-order chi connectivity index (χ1) is 8.78. The average molecular weight is 273 g/mol. The van der Waals surface area contributed by atoms with Gasteiger partial charge in [0, 0.05) is 11.7 Å². The van der Waals surface area contributed by atoms with Gasteiger partial charge in [0.05, 0.1) is 11.3 Å². The van der Waals surface area contributed by atoms with Crippen LogP contribution in [0.1, 0.15) is 23.2 Å². The fraction of sp³-hybridized carbons (Fsp3) is 0.417. The topological polar surface area (TPSA) is 72.3 Å². The standard InChI is InChI=1S/C12H14F3N3O/c13-12(14,15)6-18(8-2-3-8)10-4-1-7(16)5-9(10)11(17)19/h1,4-5,8H,2-3,6,16H2,(H2,17,19). The van der Waals surface area contributed by atoms with Crippen LogP contribution < -0.4 is 16.4 Å². The molecule has 7 heteroatoms. The fourth-order valence-corrected chi connectivity index (χ4v) is 1.99. The van der Waals surface area contributed by atoms with Crippen molar-refractivity contribution in [1.82, 2.24) is 0 Å². The number of carbonyl (C=O) groups is 1. The van der Waals surface area contributed by atoms with E-state index in [0.29, 0.717) is 18.5 Å². The number of halogens is 3. The molecule has 1 aliphatic carbocycles. The van der Waals surface area contributed by atoms with Gasteiger partial charge in [-0.05, 0) is 31.0 Å². The predicted molar refractivity (Wildman–Crippen MR) is 65.8 cm³/mol. The average Bonchev–Trinajstić information content (AvgIpc) is 3.08. The Balaban J connectivity index is 2.39. The molecule has 2 rings (SSSR count). The third-order valence-electron chi connectivity index (χ3n) is 2.93. The van der Waals surface area contributed by atoms with E-state index in [1.54, 1.807) is 0 Å². The summed E-state index contributed by atoms with van der Waals surface area (Å²) in [5, 5.41) is 0. The number of nitrogen functional groups attached to an aromatic ring is 1. The van der Waals surface area contributed by atoms with Gasteiger partial charge in [-0.25, -0.2) is 0 Å². The highest BCUT2D eigenvalue weighted by Gasteiger charge is 2.39. The summed E-state index contributed by atoms with van der Waals surface area (Å²) in [6, 6.07) is 4.00. The molecule has 4 nitrogen and oxygen atoms in total. The Bertz CT molecular complexity index is 497. The van der Waals surface area contributed by atoms with E-state index in [1.807, 2.05) is 0 Å². The molecule has 0 spiro atoms. The van der Waals surface area contributed by atoms with E-state index in [2.05, 4.69) is 0 Å². The molecule has 0 atom stereocenters. The number of amides is 1. The molecule has 1 fully saturated rings. The van der Waals surface area contributed by atoms with Crippen molar-refractivity contribution in [3.8, 4) is 0 Å². The highest BCUT2D eigenvalue weighted by Crippen LogP contribution is 2.36. The fourth-order valence-electron chi connectivity index (χ4n) is 1.99. The van der Waals surface area contributed by atoms with E-state index >= 15 is 0 Å². The number of nitrogens with two attached hydrogens (primary N) is 2. The van der Waals surface area contributed by atoms with Crippen molar-refractivity contribution < 1.29 is 18.0 Å². The quantitative estimate of drug-likeness (QED) is 0.823. The molecule has 0 aromatic heterocycles. The van der Waals surface area contributed by atoms with Crippen LogP contribution in [0.5, 0.6) is 0 Å². The molecule has 0 heterocycles. The van der Waals surface area contributed by atoms with Gasteiger partial charge in [-0.3, -0.25) is 4.79 Å². The molecule has 19 heavy (non-hydrogen) atoms. The summed E-state index contributed by atoms with van der Waals surface area (Å²) in [5.74, 6) is -0.782. The molecule has 0 unspecified atom stereocenters. The molecule has 1 saturated carbocycles. The van der Waals surface area contributed by atoms with E-state index in [4.69, 9.17) is 11.5 Å². The SMILES string of the molecule is NC(=O)c1cc(N)ccc1N(CC(F)(F)F)C1CC1.